The van der Waals surface area contributed by atoms with Crippen LogP contribution in [0.5, 0.6) is 0 Å². The highest BCUT2D eigenvalue weighted by molar-refractivity contribution is 9.10. The number of anilines is 1. The molecule has 0 atom stereocenters. The van der Waals surface area contributed by atoms with Gasteiger partial charge in [-0.05, 0) is 38.1 Å². The second kappa shape index (κ2) is 7.16. The maximum atomic E-state index is 14.0. The molecule has 0 saturated carbocycles. The Morgan fingerprint density at radius 3 is 2.82 bits per heavy atom. The Bertz CT molecular complexity index is 1200. The molecule has 0 radical (unpaired) electrons. The number of halogens is 2. The second-order valence-corrected chi connectivity index (χ2v) is 7.08. The van der Waals surface area contributed by atoms with Gasteiger partial charge in [0.25, 0.3) is 5.91 Å². The summed E-state index contributed by atoms with van der Waals surface area (Å²) in [6, 6.07) is 7.80. The van der Waals surface area contributed by atoms with Crippen molar-refractivity contribution in [3.8, 4) is 11.3 Å². The lowest BCUT2D eigenvalue weighted by Crippen LogP contribution is -2.13. The first-order valence-corrected chi connectivity index (χ1v) is 9.41. The molecule has 0 bridgehead atoms. The Hall–Kier alpha value is -3.07. The number of hydrogen-bond donors (Lipinski definition) is 1. The van der Waals surface area contributed by atoms with Crippen molar-refractivity contribution >= 4 is 33.2 Å². The second-order valence-electron chi connectivity index (χ2n) is 6.17. The number of rotatable bonds is 4. The molecule has 4 rings (SSSR count). The van der Waals surface area contributed by atoms with Crippen LogP contribution in [-0.2, 0) is 6.54 Å². The number of nitrogens with zero attached hydrogens (tertiary/aromatic N) is 5. The van der Waals surface area contributed by atoms with Crippen molar-refractivity contribution < 1.29 is 9.18 Å². The molecule has 1 aromatic carbocycles. The molecule has 7 nitrogen and oxygen atoms in total. The summed E-state index contributed by atoms with van der Waals surface area (Å²) in [5.41, 5.74) is 3.41. The summed E-state index contributed by atoms with van der Waals surface area (Å²) < 4.78 is 18.1. The van der Waals surface area contributed by atoms with Gasteiger partial charge in [0, 0.05) is 34.5 Å². The topological polar surface area (TPSA) is 77.1 Å². The average Bonchev–Trinajstić information content (AvgIpc) is 3.27. The fraction of sp³-hybridized carbons (Fsp3) is 0.158. The van der Waals surface area contributed by atoms with Gasteiger partial charge in [-0.3, -0.25) is 9.48 Å². The molecule has 1 amide bonds. The Labute approximate surface area is 168 Å². The summed E-state index contributed by atoms with van der Waals surface area (Å²) in [5, 5.41) is 11.3. The van der Waals surface area contributed by atoms with E-state index < -0.39 is 11.7 Å². The van der Waals surface area contributed by atoms with Crippen LogP contribution in [0.15, 0.2) is 47.2 Å². The summed E-state index contributed by atoms with van der Waals surface area (Å²) in [6.07, 6.45) is 3.43. The summed E-state index contributed by atoms with van der Waals surface area (Å²) >= 11 is 3.19. The van der Waals surface area contributed by atoms with E-state index in [-0.39, 0.29) is 11.4 Å². The third-order valence-electron chi connectivity index (χ3n) is 4.45. The van der Waals surface area contributed by atoms with Crippen molar-refractivity contribution in [3.63, 3.8) is 0 Å². The van der Waals surface area contributed by atoms with Crippen LogP contribution < -0.4 is 5.32 Å². The van der Waals surface area contributed by atoms with E-state index in [9.17, 15) is 9.18 Å². The van der Waals surface area contributed by atoms with Crippen LogP contribution in [0.2, 0.25) is 0 Å². The first kappa shape index (κ1) is 18.3. The first-order chi connectivity index (χ1) is 13.5. The van der Waals surface area contributed by atoms with E-state index in [2.05, 4.69) is 36.4 Å². The summed E-state index contributed by atoms with van der Waals surface area (Å²) in [6.45, 7) is 4.75. The maximum absolute atomic E-state index is 14.0. The number of amides is 1. The van der Waals surface area contributed by atoms with Crippen LogP contribution >= 0.6 is 15.9 Å². The van der Waals surface area contributed by atoms with Gasteiger partial charge >= 0.3 is 0 Å². The molecule has 0 saturated heterocycles. The number of hydrogen-bond acceptors (Lipinski definition) is 4. The lowest BCUT2D eigenvalue weighted by molar-refractivity contribution is 0.102. The molecular formula is C19H16BrFN6O. The van der Waals surface area contributed by atoms with E-state index in [0.717, 1.165) is 23.5 Å². The highest BCUT2D eigenvalue weighted by Crippen LogP contribution is 2.24. The van der Waals surface area contributed by atoms with Crippen LogP contribution in [0.25, 0.3) is 16.9 Å². The number of carbonyl (C=O) groups is 1. The molecule has 0 aliphatic carbocycles. The van der Waals surface area contributed by atoms with Gasteiger partial charge in [-0.1, -0.05) is 15.9 Å². The average molecular weight is 443 g/mol. The van der Waals surface area contributed by atoms with E-state index in [4.69, 9.17) is 0 Å². The molecule has 28 heavy (non-hydrogen) atoms. The van der Waals surface area contributed by atoms with Gasteiger partial charge in [-0.25, -0.2) is 13.9 Å². The van der Waals surface area contributed by atoms with Crippen LogP contribution in [0.3, 0.4) is 0 Å². The summed E-state index contributed by atoms with van der Waals surface area (Å²) in [7, 11) is 0. The molecule has 0 aliphatic heterocycles. The van der Waals surface area contributed by atoms with Gasteiger partial charge < -0.3 is 5.32 Å². The van der Waals surface area contributed by atoms with Crippen molar-refractivity contribution in [2.24, 2.45) is 0 Å². The number of carbonyl (C=O) groups excluding carboxylic acids is 1. The van der Waals surface area contributed by atoms with Crippen molar-refractivity contribution in [1.82, 2.24) is 24.4 Å². The molecule has 0 unspecified atom stereocenters. The van der Waals surface area contributed by atoms with Crippen molar-refractivity contribution in [2.45, 2.75) is 20.4 Å². The normalized spacial score (nSPS) is 11.1. The monoisotopic (exact) mass is 442 g/mol. The van der Waals surface area contributed by atoms with Crippen LogP contribution in [0.4, 0.5) is 10.1 Å². The Morgan fingerprint density at radius 1 is 1.29 bits per heavy atom. The number of aryl methyl sites for hydroxylation is 1. The van der Waals surface area contributed by atoms with E-state index in [1.165, 1.54) is 12.1 Å². The number of aromatic nitrogens is 5. The third kappa shape index (κ3) is 3.18. The standard InChI is InChI=1S/C19H16BrFN6O/c1-3-26-11(2)13(10-23-26)17-6-7-22-18-9-16(25-27(17)18)19(28)24-15-5-4-12(20)8-14(15)21/h4-10H,3H2,1-2H3,(H,24,28). The van der Waals surface area contributed by atoms with E-state index >= 15 is 0 Å². The van der Waals surface area contributed by atoms with E-state index in [1.54, 1.807) is 29.0 Å². The lowest BCUT2D eigenvalue weighted by Gasteiger charge is -2.05. The largest absolute Gasteiger partial charge is 0.318 e. The minimum absolute atomic E-state index is 0.0819. The van der Waals surface area contributed by atoms with Crippen molar-refractivity contribution in [2.75, 3.05) is 5.32 Å². The molecule has 4 aromatic rings. The lowest BCUT2D eigenvalue weighted by atomic mass is 10.2. The van der Waals surface area contributed by atoms with Crippen molar-refractivity contribution in [1.29, 1.82) is 0 Å². The molecular weight excluding hydrogens is 427 g/mol. The molecule has 142 valence electrons. The first-order valence-electron chi connectivity index (χ1n) is 8.62. The van der Waals surface area contributed by atoms with Crippen molar-refractivity contribution in [3.05, 3.63) is 64.4 Å². The molecule has 1 N–H and O–H groups in total. The molecule has 0 aliphatic rings. The minimum Gasteiger partial charge on any atom is -0.318 e. The smallest absolute Gasteiger partial charge is 0.276 e. The van der Waals surface area contributed by atoms with E-state index in [1.807, 2.05) is 24.6 Å². The van der Waals surface area contributed by atoms with Crippen LogP contribution in [0, 0.1) is 12.7 Å². The Balaban J connectivity index is 1.72. The molecule has 0 spiro atoms. The fourth-order valence-corrected chi connectivity index (χ4v) is 3.34. The predicted molar refractivity (Wildman–Crippen MR) is 107 cm³/mol. The van der Waals surface area contributed by atoms with Gasteiger partial charge in [0.1, 0.15) is 5.82 Å². The van der Waals surface area contributed by atoms with E-state index in [0.29, 0.717) is 10.1 Å². The highest BCUT2D eigenvalue weighted by atomic mass is 79.9. The molecule has 3 heterocycles. The Morgan fingerprint density at radius 2 is 2.11 bits per heavy atom. The quantitative estimate of drug-likeness (QED) is 0.516. The molecule has 3 aromatic heterocycles. The fourth-order valence-electron chi connectivity index (χ4n) is 3.00. The Kier molecular flexibility index (Phi) is 4.68. The number of benzene rings is 1. The summed E-state index contributed by atoms with van der Waals surface area (Å²) in [5.74, 6) is -1.05. The zero-order chi connectivity index (χ0) is 19.8. The third-order valence-corrected chi connectivity index (χ3v) is 4.94. The maximum Gasteiger partial charge on any atom is 0.276 e. The van der Waals surface area contributed by atoms with Crippen LogP contribution in [-0.4, -0.2) is 30.3 Å². The highest BCUT2D eigenvalue weighted by Gasteiger charge is 2.17. The number of nitrogens with one attached hydrogen (secondary N) is 1. The zero-order valence-electron chi connectivity index (χ0n) is 15.1. The number of fused-ring (bicyclic) bond motifs is 1. The molecule has 0 fully saturated rings. The zero-order valence-corrected chi connectivity index (χ0v) is 16.7. The minimum atomic E-state index is -0.534. The van der Waals surface area contributed by atoms with Crippen LogP contribution in [0.1, 0.15) is 23.1 Å². The SMILES string of the molecule is CCn1ncc(-c2ccnc3cc(C(=O)Nc4ccc(Br)cc4F)nn23)c1C. The summed E-state index contributed by atoms with van der Waals surface area (Å²) in [4.78, 5) is 16.9. The van der Waals surface area contributed by atoms with Gasteiger partial charge in [0.15, 0.2) is 11.3 Å². The van der Waals surface area contributed by atoms with Gasteiger partial charge in [0.2, 0.25) is 0 Å². The van der Waals surface area contributed by atoms with Gasteiger partial charge in [-0.2, -0.15) is 10.2 Å². The van der Waals surface area contributed by atoms with Gasteiger partial charge in [0.05, 0.1) is 17.6 Å². The van der Waals surface area contributed by atoms with Gasteiger partial charge in [-0.15, -0.1) is 0 Å². The predicted octanol–water partition coefficient (Wildman–Crippen LogP) is 4.08. The molecule has 9 heteroatoms.